The van der Waals surface area contributed by atoms with Crippen LogP contribution in [0.3, 0.4) is 0 Å². The zero-order valence-electron chi connectivity index (χ0n) is 19.3. The van der Waals surface area contributed by atoms with E-state index in [4.69, 9.17) is 14.5 Å². The molecule has 2 heterocycles. The molecule has 168 valence electrons. The zero-order valence-corrected chi connectivity index (χ0v) is 19.3. The second-order valence-corrected chi connectivity index (χ2v) is 9.13. The van der Waals surface area contributed by atoms with Gasteiger partial charge >= 0.3 is 0 Å². The Morgan fingerprint density at radius 1 is 1.00 bits per heavy atom. The number of piperazine rings is 1. The molecule has 0 atom stereocenters. The Kier molecular flexibility index (Phi) is 6.21. The Balaban J connectivity index is 1.36. The smallest absolute Gasteiger partial charge is 0.260 e. The lowest BCUT2D eigenvalue weighted by molar-refractivity contribution is -0.133. The number of aromatic nitrogens is 1. The van der Waals surface area contributed by atoms with Gasteiger partial charge in [0.15, 0.2) is 6.61 Å². The van der Waals surface area contributed by atoms with Crippen LogP contribution in [0.25, 0.3) is 10.9 Å². The fraction of sp³-hybridized carbons (Fsp3) is 0.385. The van der Waals surface area contributed by atoms with E-state index in [1.807, 2.05) is 41.3 Å². The third kappa shape index (κ3) is 4.79. The maximum atomic E-state index is 12.8. The number of hydrogen-bond acceptors (Lipinski definition) is 5. The minimum atomic E-state index is -0.120. The molecule has 0 unspecified atom stereocenters. The van der Waals surface area contributed by atoms with Crippen LogP contribution in [0, 0.1) is 0 Å². The van der Waals surface area contributed by atoms with Crippen molar-refractivity contribution < 1.29 is 14.3 Å². The zero-order chi connectivity index (χ0) is 22.7. The number of fused-ring (bicyclic) bond motifs is 1. The van der Waals surface area contributed by atoms with E-state index in [9.17, 15) is 4.79 Å². The van der Waals surface area contributed by atoms with Crippen molar-refractivity contribution >= 4 is 22.6 Å². The van der Waals surface area contributed by atoms with Crippen LogP contribution in [0.4, 0.5) is 5.82 Å². The number of anilines is 1. The number of methoxy groups -OCH3 is 1. The summed E-state index contributed by atoms with van der Waals surface area (Å²) in [5.41, 5.74) is 1.90. The van der Waals surface area contributed by atoms with Crippen molar-refractivity contribution in [1.29, 1.82) is 0 Å². The molecule has 6 heteroatoms. The first-order valence-corrected chi connectivity index (χ1v) is 11.0. The van der Waals surface area contributed by atoms with Crippen LogP contribution < -0.4 is 14.4 Å². The molecule has 32 heavy (non-hydrogen) atoms. The van der Waals surface area contributed by atoms with E-state index >= 15 is 0 Å². The number of hydrogen-bond donors (Lipinski definition) is 0. The molecule has 0 N–H and O–H groups in total. The minimum Gasteiger partial charge on any atom is -0.497 e. The summed E-state index contributed by atoms with van der Waals surface area (Å²) >= 11 is 0. The lowest BCUT2D eigenvalue weighted by atomic mass is 9.86. The molecule has 3 aromatic rings. The number of benzene rings is 2. The van der Waals surface area contributed by atoms with Crippen LogP contribution in [0.1, 0.15) is 26.3 Å². The van der Waals surface area contributed by atoms with Gasteiger partial charge in [0.25, 0.3) is 5.91 Å². The van der Waals surface area contributed by atoms with Gasteiger partial charge in [-0.1, -0.05) is 39.0 Å². The molecular weight excluding hydrogens is 402 g/mol. The Labute approximate surface area is 189 Å². The van der Waals surface area contributed by atoms with Crippen molar-refractivity contribution in [3.05, 3.63) is 60.2 Å². The van der Waals surface area contributed by atoms with Gasteiger partial charge in [0.05, 0.1) is 12.6 Å². The van der Waals surface area contributed by atoms with Crippen LogP contribution in [-0.4, -0.2) is 55.7 Å². The van der Waals surface area contributed by atoms with Gasteiger partial charge in [-0.25, -0.2) is 4.98 Å². The van der Waals surface area contributed by atoms with Crippen molar-refractivity contribution in [3.8, 4) is 11.5 Å². The molecule has 0 bridgehead atoms. The van der Waals surface area contributed by atoms with Crippen molar-refractivity contribution in [2.45, 2.75) is 26.2 Å². The van der Waals surface area contributed by atoms with Gasteiger partial charge in [0.1, 0.15) is 17.3 Å². The third-order valence-electron chi connectivity index (χ3n) is 5.89. The first kappa shape index (κ1) is 21.9. The molecule has 4 rings (SSSR count). The molecule has 1 amide bonds. The van der Waals surface area contributed by atoms with E-state index in [0.717, 1.165) is 46.9 Å². The van der Waals surface area contributed by atoms with Crippen molar-refractivity contribution in [1.82, 2.24) is 9.88 Å². The summed E-state index contributed by atoms with van der Waals surface area (Å²) in [6, 6.07) is 18.0. The summed E-state index contributed by atoms with van der Waals surface area (Å²) in [6.45, 7) is 9.23. The number of pyridine rings is 1. The lowest BCUT2D eigenvalue weighted by Crippen LogP contribution is -2.50. The van der Waals surface area contributed by atoms with Gasteiger partial charge in [-0.2, -0.15) is 0 Å². The Hall–Kier alpha value is -3.28. The van der Waals surface area contributed by atoms with E-state index in [1.54, 1.807) is 7.11 Å². The van der Waals surface area contributed by atoms with Crippen molar-refractivity contribution in [2.24, 2.45) is 0 Å². The van der Waals surface area contributed by atoms with Crippen LogP contribution in [0.2, 0.25) is 0 Å². The van der Waals surface area contributed by atoms with E-state index < -0.39 is 0 Å². The highest BCUT2D eigenvalue weighted by atomic mass is 16.5. The molecule has 0 radical (unpaired) electrons. The molecule has 1 saturated heterocycles. The highest BCUT2D eigenvalue weighted by Gasteiger charge is 2.24. The number of ether oxygens (including phenoxy) is 2. The second kappa shape index (κ2) is 9.07. The number of carbonyl (C=O) groups is 1. The van der Waals surface area contributed by atoms with Gasteiger partial charge < -0.3 is 19.3 Å². The predicted octanol–water partition coefficient (Wildman–Crippen LogP) is 4.27. The Bertz CT molecular complexity index is 1100. The van der Waals surface area contributed by atoms with Gasteiger partial charge in [-0.3, -0.25) is 4.79 Å². The molecule has 0 aliphatic carbocycles. The molecule has 0 saturated carbocycles. The van der Waals surface area contributed by atoms with Gasteiger partial charge in [-0.05, 0) is 41.8 Å². The summed E-state index contributed by atoms with van der Waals surface area (Å²) in [5.74, 6) is 2.48. The van der Waals surface area contributed by atoms with Crippen LogP contribution in [0.5, 0.6) is 11.5 Å². The monoisotopic (exact) mass is 433 g/mol. The molecule has 0 spiro atoms. The van der Waals surface area contributed by atoms with Gasteiger partial charge in [-0.15, -0.1) is 0 Å². The minimum absolute atomic E-state index is 0.00629. The second-order valence-electron chi connectivity index (χ2n) is 9.13. The topological polar surface area (TPSA) is 54.9 Å². The third-order valence-corrected chi connectivity index (χ3v) is 5.89. The van der Waals surface area contributed by atoms with Crippen LogP contribution in [-0.2, 0) is 10.2 Å². The fourth-order valence-corrected chi connectivity index (χ4v) is 4.00. The Morgan fingerprint density at radius 2 is 1.75 bits per heavy atom. The highest BCUT2D eigenvalue weighted by molar-refractivity contribution is 5.80. The summed E-state index contributed by atoms with van der Waals surface area (Å²) in [7, 11) is 1.65. The maximum absolute atomic E-state index is 12.8. The average Bonchev–Trinajstić information content (AvgIpc) is 2.81. The van der Waals surface area contributed by atoms with E-state index in [-0.39, 0.29) is 17.9 Å². The van der Waals surface area contributed by atoms with Crippen LogP contribution >= 0.6 is 0 Å². The van der Waals surface area contributed by atoms with Crippen molar-refractivity contribution in [2.75, 3.05) is 44.8 Å². The summed E-state index contributed by atoms with van der Waals surface area (Å²) in [4.78, 5) is 21.7. The van der Waals surface area contributed by atoms with E-state index in [1.165, 1.54) is 0 Å². The maximum Gasteiger partial charge on any atom is 0.260 e. The predicted molar refractivity (Wildman–Crippen MR) is 128 cm³/mol. The molecule has 1 aromatic heterocycles. The van der Waals surface area contributed by atoms with Gasteiger partial charge in [0, 0.05) is 37.1 Å². The SMILES string of the molecule is COc1ccc(OCC(=O)N2CCN(c3ccc4ccccc4n3)CC2)c(C(C)(C)C)c1. The Morgan fingerprint density at radius 3 is 2.47 bits per heavy atom. The standard InChI is InChI=1S/C26H31N3O3/c1-26(2,3)21-17-20(31-4)10-11-23(21)32-18-25(30)29-15-13-28(14-16-29)24-12-9-19-7-5-6-8-22(19)27-24/h5-12,17H,13-16,18H2,1-4H3. The number of rotatable bonds is 5. The first-order valence-electron chi connectivity index (χ1n) is 11.0. The largest absolute Gasteiger partial charge is 0.497 e. The number of carbonyl (C=O) groups excluding carboxylic acids is 1. The fourth-order valence-electron chi connectivity index (χ4n) is 4.00. The van der Waals surface area contributed by atoms with Crippen LogP contribution in [0.15, 0.2) is 54.6 Å². The number of amides is 1. The molecule has 1 aliphatic heterocycles. The van der Waals surface area contributed by atoms with Crippen molar-refractivity contribution in [3.63, 3.8) is 0 Å². The average molecular weight is 434 g/mol. The van der Waals surface area contributed by atoms with Gasteiger partial charge in [0.2, 0.25) is 0 Å². The summed E-state index contributed by atoms with van der Waals surface area (Å²) in [6.07, 6.45) is 0. The summed E-state index contributed by atoms with van der Waals surface area (Å²) < 4.78 is 11.3. The van der Waals surface area contributed by atoms with E-state index in [2.05, 4.69) is 43.9 Å². The quantitative estimate of drug-likeness (QED) is 0.602. The molecule has 6 nitrogen and oxygen atoms in total. The molecule has 1 aliphatic rings. The lowest BCUT2D eigenvalue weighted by Gasteiger charge is -2.35. The highest BCUT2D eigenvalue weighted by Crippen LogP contribution is 2.34. The normalized spacial score (nSPS) is 14.5. The molecular formula is C26H31N3O3. The first-order chi connectivity index (χ1) is 15.3. The summed E-state index contributed by atoms with van der Waals surface area (Å²) in [5, 5.41) is 1.13. The number of para-hydroxylation sites is 1. The van der Waals surface area contributed by atoms with E-state index in [0.29, 0.717) is 13.1 Å². The molecule has 1 fully saturated rings. The number of nitrogens with zero attached hydrogens (tertiary/aromatic N) is 3. The molecule has 2 aromatic carbocycles.